The standard InChI is InChI=1S/C14H15NO4/c1-8-13-9(6-11(15-8)14(16)19-4)5-10(17-2)7-12(13)18-3/h5-7H,1-4H3. The summed E-state index contributed by atoms with van der Waals surface area (Å²) in [5.74, 6) is 0.855. The first-order valence-corrected chi connectivity index (χ1v) is 5.72. The average molecular weight is 261 g/mol. The molecule has 0 radical (unpaired) electrons. The molecule has 2 aromatic rings. The highest BCUT2D eigenvalue weighted by Crippen LogP contribution is 2.33. The zero-order chi connectivity index (χ0) is 14.0. The first-order chi connectivity index (χ1) is 9.10. The number of ether oxygens (including phenoxy) is 3. The molecule has 0 aliphatic carbocycles. The van der Waals surface area contributed by atoms with Gasteiger partial charge in [-0.15, -0.1) is 0 Å². The Bertz CT molecular complexity index is 637. The molecular formula is C14H15NO4. The number of carbonyl (C=O) groups excluding carboxylic acids is 1. The molecule has 1 aromatic carbocycles. The van der Waals surface area contributed by atoms with Crippen molar-refractivity contribution in [3.05, 3.63) is 29.6 Å². The van der Waals surface area contributed by atoms with Gasteiger partial charge >= 0.3 is 5.97 Å². The van der Waals surface area contributed by atoms with E-state index in [2.05, 4.69) is 9.72 Å². The number of aryl methyl sites for hydroxylation is 1. The molecule has 0 N–H and O–H groups in total. The quantitative estimate of drug-likeness (QED) is 0.794. The van der Waals surface area contributed by atoms with Gasteiger partial charge in [0.05, 0.1) is 21.3 Å². The third kappa shape index (κ3) is 2.31. The molecule has 0 saturated heterocycles. The van der Waals surface area contributed by atoms with E-state index in [1.807, 2.05) is 13.0 Å². The fraction of sp³-hybridized carbons (Fsp3) is 0.286. The van der Waals surface area contributed by atoms with E-state index in [0.29, 0.717) is 17.2 Å². The molecule has 0 aliphatic heterocycles. The van der Waals surface area contributed by atoms with Crippen LogP contribution in [0.4, 0.5) is 0 Å². The van der Waals surface area contributed by atoms with E-state index in [9.17, 15) is 4.79 Å². The second-order valence-electron chi connectivity index (χ2n) is 4.01. The number of esters is 1. The number of pyridine rings is 1. The minimum atomic E-state index is -0.466. The molecule has 100 valence electrons. The van der Waals surface area contributed by atoms with Crippen molar-refractivity contribution in [1.82, 2.24) is 4.98 Å². The fourth-order valence-electron chi connectivity index (χ4n) is 2.02. The molecule has 0 amide bonds. The van der Waals surface area contributed by atoms with Gasteiger partial charge in [-0.3, -0.25) is 0 Å². The number of aromatic nitrogens is 1. The molecule has 2 rings (SSSR count). The summed E-state index contributed by atoms with van der Waals surface area (Å²) in [5, 5.41) is 1.68. The number of hydrogen-bond donors (Lipinski definition) is 0. The Kier molecular flexibility index (Phi) is 3.55. The van der Waals surface area contributed by atoms with Gasteiger partial charge < -0.3 is 14.2 Å². The van der Waals surface area contributed by atoms with E-state index in [4.69, 9.17) is 9.47 Å². The SMILES string of the molecule is COC(=O)c1cc2cc(OC)cc(OC)c2c(C)n1. The predicted octanol–water partition coefficient (Wildman–Crippen LogP) is 2.35. The highest BCUT2D eigenvalue weighted by molar-refractivity contribution is 5.97. The number of benzene rings is 1. The van der Waals surface area contributed by atoms with Gasteiger partial charge in [-0.2, -0.15) is 0 Å². The number of rotatable bonds is 3. The van der Waals surface area contributed by atoms with Crippen LogP contribution < -0.4 is 9.47 Å². The van der Waals surface area contributed by atoms with Crippen LogP contribution in [-0.2, 0) is 4.74 Å². The number of fused-ring (bicyclic) bond motifs is 1. The monoisotopic (exact) mass is 261 g/mol. The lowest BCUT2D eigenvalue weighted by Crippen LogP contribution is -2.05. The Morgan fingerprint density at radius 2 is 1.84 bits per heavy atom. The van der Waals surface area contributed by atoms with Crippen molar-refractivity contribution >= 4 is 16.7 Å². The summed E-state index contributed by atoms with van der Waals surface area (Å²) in [6.07, 6.45) is 0. The van der Waals surface area contributed by atoms with Gasteiger partial charge in [-0.25, -0.2) is 9.78 Å². The van der Waals surface area contributed by atoms with Crippen LogP contribution in [0.25, 0.3) is 10.8 Å². The minimum Gasteiger partial charge on any atom is -0.497 e. The van der Waals surface area contributed by atoms with Crippen molar-refractivity contribution in [2.45, 2.75) is 6.92 Å². The van der Waals surface area contributed by atoms with Crippen LogP contribution in [0.3, 0.4) is 0 Å². The Morgan fingerprint density at radius 1 is 1.11 bits per heavy atom. The zero-order valence-electron chi connectivity index (χ0n) is 11.3. The number of carbonyl (C=O) groups is 1. The summed E-state index contributed by atoms with van der Waals surface area (Å²) in [7, 11) is 4.49. The Balaban J connectivity index is 2.75. The maximum atomic E-state index is 11.6. The van der Waals surface area contributed by atoms with Crippen LogP contribution in [-0.4, -0.2) is 32.3 Å². The molecule has 0 bridgehead atoms. The van der Waals surface area contributed by atoms with Crippen molar-refractivity contribution in [2.24, 2.45) is 0 Å². The number of nitrogens with zero attached hydrogens (tertiary/aromatic N) is 1. The van der Waals surface area contributed by atoms with Crippen LogP contribution in [0, 0.1) is 6.92 Å². The van der Waals surface area contributed by atoms with Crippen LogP contribution in [0.1, 0.15) is 16.2 Å². The molecule has 19 heavy (non-hydrogen) atoms. The van der Waals surface area contributed by atoms with Gasteiger partial charge in [0.15, 0.2) is 0 Å². The maximum Gasteiger partial charge on any atom is 0.356 e. The number of methoxy groups -OCH3 is 3. The summed E-state index contributed by atoms with van der Waals surface area (Å²) < 4.78 is 15.2. The minimum absolute atomic E-state index is 0.266. The predicted molar refractivity (Wildman–Crippen MR) is 70.9 cm³/mol. The third-order valence-electron chi connectivity index (χ3n) is 2.90. The molecule has 0 unspecified atom stereocenters. The summed E-state index contributed by atoms with van der Waals surface area (Å²) >= 11 is 0. The average Bonchev–Trinajstić information content (AvgIpc) is 2.44. The van der Waals surface area contributed by atoms with Gasteiger partial charge in [0, 0.05) is 17.1 Å². The van der Waals surface area contributed by atoms with Gasteiger partial charge in [0.25, 0.3) is 0 Å². The fourth-order valence-corrected chi connectivity index (χ4v) is 2.02. The molecule has 0 aliphatic rings. The largest absolute Gasteiger partial charge is 0.497 e. The van der Waals surface area contributed by atoms with E-state index < -0.39 is 5.97 Å². The molecule has 5 nitrogen and oxygen atoms in total. The molecule has 1 heterocycles. The topological polar surface area (TPSA) is 57.7 Å². The molecule has 0 atom stereocenters. The van der Waals surface area contributed by atoms with Crippen LogP contribution in [0.2, 0.25) is 0 Å². The summed E-state index contributed by atoms with van der Waals surface area (Å²) in [6.45, 7) is 1.82. The molecule has 5 heteroatoms. The molecule has 0 spiro atoms. The second kappa shape index (κ2) is 5.14. The lowest BCUT2D eigenvalue weighted by atomic mass is 10.1. The summed E-state index contributed by atoms with van der Waals surface area (Å²) in [4.78, 5) is 15.8. The zero-order valence-corrected chi connectivity index (χ0v) is 11.3. The van der Waals surface area contributed by atoms with Gasteiger partial charge in [0.1, 0.15) is 17.2 Å². The van der Waals surface area contributed by atoms with Gasteiger partial charge in [0.2, 0.25) is 0 Å². The van der Waals surface area contributed by atoms with Crippen molar-refractivity contribution in [2.75, 3.05) is 21.3 Å². The Labute approximate surface area is 111 Å². The Hall–Kier alpha value is -2.30. The smallest absolute Gasteiger partial charge is 0.356 e. The second-order valence-corrected chi connectivity index (χ2v) is 4.01. The summed E-state index contributed by atoms with van der Waals surface area (Å²) in [5.41, 5.74) is 0.972. The Morgan fingerprint density at radius 3 is 2.42 bits per heavy atom. The molecule has 1 aromatic heterocycles. The molecule has 0 saturated carbocycles. The van der Waals surface area contributed by atoms with E-state index in [1.54, 1.807) is 26.4 Å². The maximum absolute atomic E-state index is 11.6. The number of hydrogen-bond acceptors (Lipinski definition) is 5. The third-order valence-corrected chi connectivity index (χ3v) is 2.90. The van der Waals surface area contributed by atoms with Crippen LogP contribution in [0.15, 0.2) is 18.2 Å². The lowest BCUT2D eigenvalue weighted by Gasteiger charge is -2.11. The van der Waals surface area contributed by atoms with Crippen molar-refractivity contribution < 1.29 is 19.0 Å². The van der Waals surface area contributed by atoms with Crippen molar-refractivity contribution in [3.63, 3.8) is 0 Å². The van der Waals surface area contributed by atoms with E-state index in [0.717, 1.165) is 10.8 Å². The first-order valence-electron chi connectivity index (χ1n) is 5.72. The molecule has 0 fully saturated rings. The van der Waals surface area contributed by atoms with Crippen molar-refractivity contribution in [1.29, 1.82) is 0 Å². The van der Waals surface area contributed by atoms with Gasteiger partial charge in [-0.05, 0) is 24.4 Å². The molecular weight excluding hydrogens is 246 g/mol. The first kappa shape index (κ1) is 13.1. The van der Waals surface area contributed by atoms with Crippen LogP contribution >= 0.6 is 0 Å². The highest BCUT2D eigenvalue weighted by atomic mass is 16.5. The van der Waals surface area contributed by atoms with E-state index >= 15 is 0 Å². The summed E-state index contributed by atoms with van der Waals surface area (Å²) in [6, 6.07) is 5.28. The van der Waals surface area contributed by atoms with E-state index in [1.165, 1.54) is 7.11 Å². The van der Waals surface area contributed by atoms with Crippen molar-refractivity contribution in [3.8, 4) is 11.5 Å². The lowest BCUT2D eigenvalue weighted by molar-refractivity contribution is 0.0594. The normalized spacial score (nSPS) is 10.3. The highest BCUT2D eigenvalue weighted by Gasteiger charge is 2.14. The van der Waals surface area contributed by atoms with Crippen LogP contribution in [0.5, 0.6) is 11.5 Å². The van der Waals surface area contributed by atoms with Gasteiger partial charge in [-0.1, -0.05) is 0 Å². The van der Waals surface area contributed by atoms with E-state index in [-0.39, 0.29) is 5.69 Å².